The molecule has 0 N–H and O–H groups in total. The van der Waals surface area contributed by atoms with E-state index in [1.165, 1.54) is 0 Å². The highest BCUT2D eigenvalue weighted by atomic mass is 16.1. The molecule has 1 nitrogen and oxygen atoms in total. The summed E-state index contributed by atoms with van der Waals surface area (Å²) in [5, 5.41) is 2.15. The van der Waals surface area contributed by atoms with Crippen molar-refractivity contribution in [2.75, 3.05) is 0 Å². The van der Waals surface area contributed by atoms with E-state index in [1.54, 1.807) is 0 Å². The number of benzene rings is 2. The first-order chi connectivity index (χ1) is 9.26. The molecule has 0 radical (unpaired) electrons. The maximum Gasteiger partial charge on any atom is 0.190 e. The van der Waals surface area contributed by atoms with Crippen molar-refractivity contribution in [3.8, 4) is 0 Å². The van der Waals surface area contributed by atoms with E-state index in [4.69, 9.17) is 0 Å². The van der Waals surface area contributed by atoms with Gasteiger partial charge < -0.3 is 0 Å². The van der Waals surface area contributed by atoms with Gasteiger partial charge in [-0.3, -0.25) is 4.79 Å². The maximum atomic E-state index is 12.5. The van der Waals surface area contributed by atoms with Crippen LogP contribution in [-0.4, -0.2) is 5.78 Å². The molecule has 0 atom stereocenters. The Balaban J connectivity index is 2.31. The van der Waals surface area contributed by atoms with Crippen LogP contribution >= 0.6 is 0 Å². The Bertz CT molecular complexity index is 720. The van der Waals surface area contributed by atoms with Crippen molar-refractivity contribution >= 4 is 28.7 Å². The van der Waals surface area contributed by atoms with Crippen LogP contribution in [0.4, 0.5) is 0 Å². The summed E-state index contributed by atoms with van der Waals surface area (Å²) in [6.45, 7) is 5.98. The molecule has 94 valence electrons. The van der Waals surface area contributed by atoms with Crippen LogP contribution in [0.25, 0.3) is 22.9 Å². The first-order valence-corrected chi connectivity index (χ1v) is 6.69. The monoisotopic (exact) mass is 248 g/mol. The van der Waals surface area contributed by atoms with Gasteiger partial charge in [0.25, 0.3) is 0 Å². The average molecular weight is 248 g/mol. The van der Waals surface area contributed by atoms with Gasteiger partial charge in [0.1, 0.15) is 0 Å². The van der Waals surface area contributed by atoms with E-state index in [2.05, 4.69) is 25.6 Å². The summed E-state index contributed by atoms with van der Waals surface area (Å²) in [6, 6.07) is 10.1. The molecule has 1 aliphatic carbocycles. The second-order valence-electron chi connectivity index (χ2n) is 4.93. The van der Waals surface area contributed by atoms with E-state index in [-0.39, 0.29) is 5.78 Å². The van der Waals surface area contributed by atoms with Crippen molar-refractivity contribution < 1.29 is 4.79 Å². The fourth-order valence-electron chi connectivity index (χ4n) is 2.83. The number of ketones is 1. The van der Waals surface area contributed by atoms with Crippen LogP contribution < -0.4 is 0 Å². The zero-order valence-electron chi connectivity index (χ0n) is 11.1. The van der Waals surface area contributed by atoms with E-state index in [0.29, 0.717) is 0 Å². The van der Waals surface area contributed by atoms with Gasteiger partial charge in [-0.15, -0.1) is 0 Å². The van der Waals surface area contributed by atoms with Crippen molar-refractivity contribution in [2.24, 2.45) is 0 Å². The van der Waals surface area contributed by atoms with Crippen LogP contribution in [0.5, 0.6) is 0 Å². The Morgan fingerprint density at radius 1 is 1.21 bits per heavy atom. The number of allylic oxidation sites excluding steroid dienone is 1. The second-order valence-corrected chi connectivity index (χ2v) is 4.93. The van der Waals surface area contributed by atoms with E-state index < -0.39 is 0 Å². The van der Waals surface area contributed by atoms with Crippen LogP contribution in [-0.2, 0) is 0 Å². The normalized spacial score (nSPS) is 13.5. The summed E-state index contributed by atoms with van der Waals surface area (Å²) >= 11 is 0. The van der Waals surface area contributed by atoms with Gasteiger partial charge >= 0.3 is 0 Å². The van der Waals surface area contributed by atoms with Gasteiger partial charge in [-0.05, 0) is 40.5 Å². The SMILES string of the molecule is C=Cc1cc2c(c3ccccc13)C(=O)C(CCC)=C2. The van der Waals surface area contributed by atoms with Crippen LogP contribution in [0.2, 0.25) is 0 Å². The predicted octanol–water partition coefficient (Wildman–Crippen LogP) is 4.86. The minimum Gasteiger partial charge on any atom is -0.289 e. The molecule has 0 saturated heterocycles. The minimum absolute atomic E-state index is 0.198. The molecular weight excluding hydrogens is 232 g/mol. The molecule has 0 aliphatic heterocycles. The quantitative estimate of drug-likeness (QED) is 0.757. The molecule has 1 heteroatoms. The Morgan fingerprint density at radius 2 is 1.95 bits per heavy atom. The smallest absolute Gasteiger partial charge is 0.190 e. The fourth-order valence-corrected chi connectivity index (χ4v) is 2.83. The van der Waals surface area contributed by atoms with Crippen LogP contribution in [0.3, 0.4) is 0 Å². The molecule has 19 heavy (non-hydrogen) atoms. The van der Waals surface area contributed by atoms with Crippen LogP contribution in [0.15, 0.2) is 42.5 Å². The van der Waals surface area contributed by atoms with Gasteiger partial charge in [0.15, 0.2) is 5.78 Å². The number of rotatable bonds is 3. The van der Waals surface area contributed by atoms with Gasteiger partial charge in [-0.25, -0.2) is 0 Å². The topological polar surface area (TPSA) is 17.1 Å². The summed E-state index contributed by atoms with van der Waals surface area (Å²) in [5.41, 5.74) is 3.94. The lowest BCUT2D eigenvalue weighted by atomic mass is 9.95. The third kappa shape index (κ3) is 1.74. The highest BCUT2D eigenvalue weighted by molar-refractivity contribution is 6.24. The molecular formula is C18H16O. The molecule has 0 aromatic heterocycles. The van der Waals surface area contributed by atoms with E-state index >= 15 is 0 Å². The highest BCUT2D eigenvalue weighted by Gasteiger charge is 2.24. The largest absolute Gasteiger partial charge is 0.289 e. The number of hydrogen-bond donors (Lipinski definition) is 0. The average Bonchev–Trinajstić information content (AvgIpc) is 2.75. The van der Waals surface area contributed by atoms with E-state index in [9.17, 15) is 4.79 Å². The molecule has 0 heterocycles. The molecule has 1 aliphatic rings. The van der Waals surface area contributed by atoms with Gasteiger partial charge in [0.2, 0.25) is 0 Å². The molecule has 0 fully saturated rings. The minimum atomic E-state index is 0.198. The third-order valence-corrected chi connectivity index (χ3v) is 3.69. The third-order valence-electron chi connectivity index (χ3n) is 3.69. The van der Waals surface area contributed by atoms with Crippen LogP contribution in [0.1, 0.15) is 41.3 Å². The van der Waals surface area contributed by atoms with Crippen molar-refractivity contribution in [3.05, 3.63) is 59.2 Å². The number of carbonyl (C=O) groups excluding carboxylic acids is 1. The summed E-state index contributed by atoms with van der Waals surface area (Å²) in [7, 11) is 0. The molecule has 3 rings (SSSR count). The lowest BCUT2D eigenvalue weighted by molar-refractivity contribution is 0.103. The molecule has 0 spiro atoms. The van der Waals surface area contributed by atoms with E-state index in [0.717, 1.165) is 45.9 Å². The number of Topliss-reactive ketones (excluding diaryl/α,β-unsaturated/α-hetero) is 1. The standard InChI is InChI=1S/C18H16O/c1-3-7-13-11-14-10-12(4-2)15-8-5-6-9-16(15)17(14)18(13)19/h4-6,8-11H,2-3,7H2,1H3. The van der Waals surface area contributed by atoms with Gasteiger partial charge in [-0.1, -0.05) is 50.3 Å². The summed E-state index contributed by atoms with van der Waals surface area (Å²) < 4.78 is 0. The van der Waals surface area contributed by atoms with Crippen molar-refractivity contribution in [2.45, 2.75) is 19.8 Å². The molecule has 0 amide bonds. The molecule has 2 aromatic rings. The Hall–Kier alpha value is -2.15. The van der Waals surface area contributed by atoms with Gasteiger partial charge in [-0.2, -0.15) is 0 Å². The lowest BCUT2D eigenvalue weighted by Gasteiger charge is -2.08. The Labute approximate surface area is 113 Å². The molecule has 0 bridgehead atoms. The van der Waals surface area contributed by atoms with Crippen molar-refractivity contribution in [1.29, 1.82) is 0 Å². The number of fused-ring (bicyclic) bond motifs is 3. The first-order valence-electron chi connectivity index (χ1n) is 6.69. The zero-order chi connectivity index (χ0) is 13.4. The van der Waals surface area contributed by atoms with Gasteiger partial charge in [0, 0.05) is 11.1 Å². The van der Waals surface area contributed by atoms with Crippen molar-refractivity contribution in [3.63, 3.8) is 0 Å². The fraction of sp³-hybridized carbons (Fsp3) is 0.167. The highest BCUT2D eigenvalue weighted by Crippen LogP contribution is 2.35. The number of hydrogen-bond acceptors (Lipinski definition) is 1. The van der Waals surface area contributed by atoms with Crippen LogP contribution in [0, 0.1) is 0 Å². The molecule has 0 unspecified atom stereocenters. The molecule has 0 saturated carbocycles. The Morgan fingerprint density at radius 3 is 2.63 bits per heavy atom. The predicted molar refractivity (Wildman–Crippen MR) is 81.3 cm³/mol. The maximum absolute atomic E-state index is 12.5. The lowest BCUT2D eigenvalue weighted by Crippen LogP contribution is -2.00. The second kappa shape index (κ2) is 4.51. The van der Waals surface area contributed by atoms with Crippen molar-refractivity contribution in [1.82, 2.24) is 0 Å². The number of carbonyl (C=O) groups is 1. The summed E-state index contributed by atoms with van der Waals surface area (Å²) in [4.78, 5) is 12.5. The first kappa shape index (κ1) is 11.9. The van der Waals surface area contributed by atoms with Gasteiger partial charge in [0.05, 0.1) is 0 Å². The summed E-state index contributed by atoms with van der Waals surface area (Å²) in [6.07, 6.45) is 5.75. The molecule has 2 aromatic carbocycles. The van der Waals surface area contributed by atoms with E-state index in [1.807, 2.05) is 30.4 Å². The zero-order valence-corrected chi connectivity index (χ0v) is 11.1. The Kier molecular flexibility index (Phi) is 2.83. The summed E-state index contributed by atoms with van der Waals surface area (Å²) in [5.74, 6) is 0.198.